The van der Waals surface area contributed by atoms with Crippen molar-refractivity contribution in [1.82, 2.24) is 24.4 Å². The number of imidazole rings is 1. The lowest BCUT2D eigenvalue weighted by Gasteiger charge is -2.34. The van der Waals surface area contributed by atoms with Crippen LogP contribution in [0.1, 0.15) is 0 Å². The molecule has 0 amide bonds. The van der Waals surface area contributed by atoms with E-state index < -0.39 is 0 Å². The van der Waals surface area contributed by atoms with Crippen LogP contribution >= 0.6 is 11.3 Å². The fourth-order valence-electron chi connectivity index (χ4n) is 3.31. The smallest absolute Gasteiger partial charge is 0.226 e. The van der Waals surface area contributed by atoms with Gasteiger partial charge in [-0.15, -0.1) is 11.3 Å². The lowest BCUT2D eigenvalue weighted by Crippen LogP contribution is -2.47. The Bertz CT molecular complexity index is 870. The van der Waals surface area contributed by atoms with Crippen molar-refractivity contribution < 1.29 is 4.74 Å². The number of piperazine rings is 1. The SMILES string of the molecule is COCCN1CCN(c2ncc(-c3nccn3C)c(-c3cccs3)n2)CC1. The normalized spacial score (nSPS) is 15.4. The van der Waals surface area contributed by atoms with Crippen LogP contribution < -0.4 is 4.90 Å². The van der Waals surface area contributed by atoms with Crippen molar-refractivity contribution in [3.05, 3.63) is 36.1 Å². The minimum Gasteiger partial charge on any atom is -0.383 e. The fraction of sp³-hybridized carbons (Fsp3) is 0.421. The highest BCUT2D eigenvalue weighted by Crippen LogP contribution is 2.33. The summed E-state index contributed by atoms with van der Waals surface area (Å²) in [5.41, 5.74) is 1.92. The van der Waals surface area contributed by atoms with E-state index in [0.29, 0.717) is 0 Å². The number of rotatable bonds is 6. The van der Waals surface area contributed by atoms with Gasteiger partial charge < -0.3 is 14.2 Å². The molecule has 0 aliphatic carbocycles. The van der Waals surface area contributed by atoms with Gasteiger partial charge in [-0.2, -0.15) is 0 Å². The zero-order valence-electron chi connectivity index (χ0n) is 15.7. The molecule has 1 fully saturated rings. The first kappa shape index (κ1) is 18.1. The quantitative estimate of drug-likeness (QED) is 0.650. The molecule has 1 aliphatic rings. The summed E-state index contributed by atoms with van der Waals surface area (Å²) in [6, 6.07) is 4.16. The topological polar surface area (TPSA) is 59.3 Å². The van der Waals surface area contributed by atoms with Crippen LogP contribution in [0.2, 0.25) is 0 Å². The summed E-state index contributed by atoms with van der Waals surface area (Å²) in [6.45, 7) is 5.61. The first-order chi connectivity index (χ1) is 13.3. The van der Waals surface area contributed by atoms with Gasteiger partial charge in [0.2, 0.25) is 5.95 Å². The average molecular weight is 385 g/mol. The number of hydrogen-bond acceptors (Lipinski definition) is 7. The summed E-state index contributed by atoms with van der Waals surface area (Å²) in [5, 5.41) is 2.08. The van der Waals surface area contributed by atoms with Gasteiger partial charge in [-0.1, -0.05) is 6.07 Å². The third-order valence-corrected chi connectivity index (χ3v) is 5.74. The highest BCUT2D eigenvalue weighted by Gasteiger charge is 2.21. The van der Waals surface area contributed by atoms with Crippen LogP contribution in [0.25, 0.3) is 22.0 Å². The Labute approximate surface area is 163 Å². The summed E-state index contributed by atoms with van der Waals surface area (Å²) in [4.78, 5) is 19.9. The third kappa shape index (κ3) is 3.87. The van der Waals surface area contributed by atoms with E-state index >= 15 is 0 Å². The number of ether oxygens (including phenoxy) is 1. The molecular weight excluding hydrogens is 360 g/mol. The number of anilines is 1. The van der Waals surface area contributed by atoms with Crippen molar-refractivity contribution in [2.24, 2.45) is 7.05 Å². The van der Waals surface area contributed by atoms with Crippen LogP contribution in [-0.2, 0) is 11.8 Å². The van der Waals surface area contributed by atoms with Crippen LogP contribution in [0.5, 0.6) is 0 Å². The van der Waals surface area contributed by atoms with Gasteiger partial charge in [0.1, 0.15) is 5.82 Å². The molecule has 1 aliphatic heterocycles. The van der Waals surface area contributed by atoms with Gasteiger partial charge >= 0.3 is 0 Å². The Balaban J connectivity index is 1.61. The predicted molar refractivity (Wildman–Crippen MR) is 108 cm³/mol. The molecule has 0 radical (unpaired) electrons. The van der Waals surface area contributed by atoms with Gasteiger partial charge in [0, 0.05) is 65.5 Å². The molecule has 4 rings (SSSR count). The van der Waals surface area contributed by atoms with Crippen LogP contribution in [-0.4, -0.2) is 70.9 Å². The molecule has 0 unspecified atom stereocenters. The summed E-state index contributed by atoms with van der Waals surface area (Å²) < 4.78 is 7.19. The second-order valence-electron chi connectivity index (χ2n) is 6.59. The minimum absolute atomic E-state index is 0.775. The summed E-state index contributed by atoms with van der Waals surface area (Å²) >= 11 is 1.69. The molecule has 142 valence electrons. The number of thiophene rings is 1. The first-order valence-electron chi connectivity index (χ1n) is 9.11. The van der Waals surface area contributed by atoms with E-state index in [0.717, 1.165) is 67.2 Å². The Morgan fingerprint density at radius 2 is 2.04 bits per heavy atom. The first-order valence-corrected chi connectivity index (χ1v) is 9.99. The van der Waals surface area contributed by atoms with Crippen LogP contribution in [0, 0.1) is 0 Å². The van der Waals surface area contributed by atoms with Crippen LogP contribution in [0.15, 0.2) is 36.1 Å². The van der Waals surface area contributed by atoms with Gasteiger partial charge in [-0.05, 0) is 11.4 Å². The van der Waals surface area contributed by atoms with Crippen molar-refractivity contribution in [2.45, 2.75) is 0 Å². The zero-order chi connectivity index (χ0) is 18.6. The highest BCUT2D eigenvalue weighted by molar-refractivity contribution is 7.13. The van der Waals surface area contributed by atoms with E-state index in [1.54, 1.807) is 24.6 Å². The number of nitrogens with zero attached hydrogens (tertiary/aromatic N) is 6. The zero-order valence-corrected chi connectivity index (χ0v) is 16.5. The second-order valence-corrected chi connectivity index (χ2v) is 7.54. The van der Waals surface area contributed by atoms with Gasteiger partial charge in [0.15, 0.2) is 0 Å². The molecule has 0 spiro atoms. The van der Waals surface area contributed by atoms with E-state index in [1.165, 1.54) is 0 Å². The number of methoxy groups -OCH3 is 1. The van der Waals surface area contributed by atoms with E-state index in [9.17, 15) is 0 Å². The lowest BCUT2D eigenvalue weighted by atomic mass is 10.2. The van der Waals surface area contributed by atoms with Crippen LogP contribution in [0.4, 0.5) is 5.95 Å². The Morgan fingerprint density at radius 1 is 1.19 bits per heavy atom. The maximum Gasteiger partial charge on any atom is 0.226 e. The minimum atomic E-state index is 0.775. The largest absolute Gasteiger partial charge is 0.383 e. The average Bonchev–Trinajstić information content (AvgIpc) is 3.38. The van der Waals surface area contributed by atoms with Gasteiger partial charge in [0.25, 0.3) is 0 Å². The van der Waals surface area contributed by atoms with Crippen molar-refractivity contribution in [3.63, 3.8) is 0 Å². The highest BCUT2D eigenvalue weighted by atomic mass is 32.1. The van der Waals surface area contributed by atoms with Crippen molar-refractivity contribution in [2.75, 3.05) is 51.3 Å². The van der Waals surface area contributed by atoms with E-state index in [1.807, 2.05) is 24.0 Å². The summed E-state index contributed by atoms with van der Waals surface area (Å²) in [7, 11) is 3.74. The Hall–Kier alpha value is -2.29. The molecule has 4 heterocycles. The second kappa shape index (κ2) is 8.16. The van der Waals surface area contributed by atoms with E-state index in [4.69, 9.17) is 9.72 Å². The Morgan fingerprint density at radius 3 is 2.70 bits per heavy atom. The number of hydrogen-bond donors (Lipinski definition) is 0. The standard InChI is InChI=1S/C19H24N6OS/c1-23-6-5-20-18(23)15-14-21-19(22-17(15)16-4-3-13-27-16)25-9-7-24(8-10-25)11-12-26-2/h3-6,13-14H,7-12H2,1-2H3. The lowest BCUT2D eigenvalue weighted by molar-refractivity contribution is 0.143. The maximum absolute atomic E-state index is 5.18. The van der Waals surface area contributed by atoms with Crippen molar-refractivity contribution >= 4 is 17.3 Å². The molecule has 0 saturated carbocycles. The molecule has 7 nitrogen and oxygen atoms in total. The summed E-state index contributed by atoms with van der Waals surface area (Å²) in [5.74, 6) is 1.68. The van der Waals surface area contributed by atoms with Crippen LogP contribution in [0.3, 0.4) is 0 Å². The third-order valence-electron chi connectivity index (χ3n) is 4.86. The van der Waals surface area contributed by atoms with E-state index in [-0.39, 0.29) is 0 Å². The van der Waals surface area contributed by atoms with Gasteiger partial charge in [-0.25, -0.2) is 15.0 Å². The predicted octanol–water partition coefficient (Wildman–Crippen LogP) is 2.37. The van der Waals surface area contributed by atoms with E-state index in [2.05, 4.69) is 37.3 Å². The molecule has 27 heavy (non-hydrogen) atoms. The Kier molecular flexibility index (Phi) is 5.47. The summed E-state index contributed by atoms with van der Waals surface area (Å²) in [6.07, 6.45) is 5.67. The van der Waals surface area contributed by atoms with Gasteiger partial charge in [0.05, 0.1) is 22.7 Å². The molecule has 0 bridgehead atoms. The molecule has 1 saturated heterocycles. The number of aromatic nitrogens is 4. The molecule has 0 N–H and O–H groups in total. The fourth-order valence-corrected chi connectivity index (χ4v) is 4.03. The molecular formula is C19H24N6OS. The van der Waals surface area contributed by atoms with Crippen molar-refractivity contribution in [3.8, 4) is 22.0 Å². The molecule has 8 heteroatoms. The van der Waals surface area contributed by atoms with Gasteiger partial charge in [-0.3, -0.25) is 4.90 Å². The maximum atomic E-state index is 5.18. The molecule has 0 aromatic carbocycles. The number of aryl methyl sites for hydroxylation is 1. The molecule has 3 aromatic heterocycles. The van der Waals surface area contributed by atoms with Crippen molar-refractivity contribution in [1.29, 1.82) is 0 Å². The molecule has 3 aromatic rings. The monoisotopic (exact) mass is 384 g/mol. The molecule has 0 atom stereocenters.